The molecule has 1 aliphatic heterocycles. The Labute approximate surface area is 121 Å². The minimum Gasteiger partial charge on any atom is -0.326 e. The van der Waals surface area contributed by atoms with Gasteiger partial charge in [-0.1, -0.05) is 25.3 Å². The summed E-state index contributed by atoms with van der Waals surface area (Å²) in [5, 5.41) is 2.26. The summed E-state index contributed by atoms with van der Waals surface area (Å²) in [6.07, 6.45) is 7.00. The van der Waals surface area contributed by atoms with Crippen LogP contribution in [0.2, 0.25) is 0 Å². The number of piperazine rings is 1. The Bertz CT molecular complexity index is 394. The SMILES string of the molecule is C[N+]1(C)CCN(C2(c3cccs3)CCCCC2)CC1. The summed E-state index contributed by atoms with van der Waals surface area (Å²) >= 11 is 1.98. The Balaban J connectivity index is 1.84. The summed E-state index contributed by atoms with van der Waals surface area (Å²) in [5.74, 6) is 0. The van der Waals surface area contributed by atoms with Gasteiger partial charge >= 0.3 is 0 Å². The van der Waals surface area contributed by atoms with Gasteiger partial charge in [0.2, 0.25) is 0 Å². The zero-order chi connectivity index (χ0) is 13.3. The highest BCUT2D eigenvalue weighted by atomic mass is 32.1. The number of hydrogen-bond acceptors (Lipinski definition) is 2. The average Bonchev–Trinajstić information content (AvgIpc) is 2.94. The summed E-state index contributed by atoms with van der Waals surface area (Å²) in [6, 6.07) is 4.62. The van der Waals surface area contributed by atoms with Gasteiger partial charge in [0.1, 0.15) is 0 Å². The molecule has 1 saturated heterocycles. The van der Waals surface area contributed by atoms with Crippen LogP contribution in [0.15, 0.2) is 17.5 Å². The normalized spacial score (nSPS) is 27.3. The van der Waals surface area contributed by atoms with Crippen molar-refractivity contribution < 1.29 is 4.48 Å². The summed E-state index contributed by atoms with van der Waals surface area (Å²) in [5.41, 5.74) is 0.382. The number of quaternary nitrogens is 1. The van der Waals surface area contributed by atoms with Crippen LogP contribution in [0.5, 0.6) is 0 Å². The van der Waals surface area contributed by atoms with E-state index in [-0.39, 0.29) is 0 Å². The van der Waals surface area contributed by atoms with E-state index in [0.717, 1.165) is 0 Å². The number of rotatable bonds is 2. The molecular formula is C16H27N2S+. The van der Waals surface area contributed by atoms with Crippen LogP contribution in [0.3, 0.4) is 0 Å². The molecule has 3 heteroatoms. The molecule has 0 bridgehead atoms. The summed E-state index contributed by atoms with van der Waals surface area (Å²) in [4.78, 5) is 4.45. The first-order valence-corrected chi connectivity index (χ1v) is 8.61. The van der Waals surface area contributed by atoms with Crippen molar-refractivity contribution in [1.29, 1.82) is 0 Å². The van der Waals surface area contributed by atoms with Crippen molar-refractivity contribution in [3.8, 4) is 0 Å². The van der Waals surface area contributed by atoms with Gasteiger partial charge in [-0.25, -0.2) is 0 Å². The van der Waals surface area contributed by atoms with Gasteiger partial charge in [0, 0.05) is 18.0 Å². The molecule has 2 fully saturated rings. The molecule has 0 unspecified atom stereocenters. The van der Waals surface area contributed by atoms with Gasteiger partial charge in [-0.05, 0) is 24.3 Å². The first kappa shape index (κ1) is 13.6. The zero-order valence-corrected chi connectivity index (χ0v) is 13.2. The predicted molar refractivity (Wildman–Crippen MR) is 82.5 cm³/mol. The van der Waals surface area contributed by atoms with Gasteiger partial charge in [-0.15, -0.1) is 11.3 Å². The summed E-state index contributed by atoms with van der Waals surface area (Å²) < 4.78 is 1.19. The second-order valence-electron chi connectivity index (χ2n) is 6.94. The molecule has 0 aromatic carbocycles. The van der Waals surface area contributed by atoms with Crippen LogP contribution >= 0.6 is 11.3 Å². The Kier molecular flexibility index (Phi) is 3.71. The van der Waals surface area contributed by atoms with Crippen molar-refractivity contribution in [2.24, 2.45) is 0 Å². The molecule has 0 spiro atoms. The van der Waals surface area contributed by atoms with Crippen molar-refractivity contribution >= 4 is 11.3 Å². The number of hydrogen-bond donors (Lipinski definition) is 0. The fourth-order valence-electron chi connectivity index (χ4n) is 3.83. The van der Waals surface area contributed by atoms with E-state index in [4.69, 9.17) is 0 Å². The maximum Gasteiger partial charge on any atom is 0.0912 e. The molecule has 0 atom stereocenters. The van der Waals surface area contributed by atoms with E-state index in [1.54, 1.807) is 4.88 Å². The van der Waals surface area contributed by atoms with E-state index in [9.17, 15) is 0 Å². The highest BCUT2D eigenvalue weighted by Gasteiger charge is 2.43. The first-order valence-electron chi connectivity index (χ1n) is 7.74. The van der Waals surface area contributed by atoms with Gasteiger partial charge in [0.25, 0.3) is 0 Å². The van der Waals surface area contributed by atoms with Crippen LogP contribution in [-0.4, -0.2) is 49.7 Å². The Morgan fingerprint density at radius 1 is 1.11 bits per heavy atom. The van der Waals surface area contributed by atoms with Crippen LogP contribution in [0.25, 0.3) is 0 Å². The molecule has 106 valence electrons. The van der Waals surface area contributed by atoms with E-state index in [2.05, 4.69) is 36.5 Å². The molecule has 0 N–H and O–H groups in total. The van der Waals surface area contributed by atoms with Gasteiger partial charge < -0.3 is 4.48 Å². The van der Waals surface area contributed by atoms with E-state index >= 15 is 0 Å². The third kappa shape index (κ3) is 2.61. The molecule has 3 rings (SSSR count). The van der Waals surface area contributed by atoms with E-state index in [0.29, 0.717) is 5.54 Å². The molecule has 1 aliphatic carbocycles. The molecule has 1 saturated carbocycles. The lowest BCUT2D eigenvalue weighted by Crippen LogP contribution is -2.60. The lowest BCUT2D eigenvalue weighted by molar-refractivity contribution is -0.895. The molecular weight excluding hydrogens is 252 g/mol. The standard InChI is InChI=1S/C16H27N2S/c1-18(2)12-10-17(11-13-18)16(8-4-3-5-9-16)15-7-6-14-19-15/h6-7,14H,3-5,8-13H2,1-2H3/q+1. The van der Waals surface area contributed by atoms with Crippen molar-refractivity contribution in [2.45, 2.75) is 37.6 Å². The van der Waals surface area contributed by atoms with Gasteiger partial charge in [0.15, 0.2) is 0 Å². The minimum absolute atomic E-state index is 0.382. The average molecular weight is 279 g/mol. The molecule has 2 heterocycles. The van der Waals surface area contributed by atoms with Crippen LogP contribution in [0.1, 0.15) is 37.0 Å². The second kappa shape index (κ2) is 5.19. The van der Waals surface area contributed by atoms with Crippen molar-refractivity contribution in [3.63, 3.8) is 0 Å². The molecule has 2 aliphatic rings. The number of likely N-dealkylation sites (N-methyl/N-ethyl adjacent to an activating group) is 1. The molecule has 0 radical (unpaired) electrons. The largest absolute Gasteiger partial charge is 0.326 e. The van der Waals surface area contributed by atoms with Crippen LogP contribution in [0.4, 0.5) is 0 Å². The summed E-state index contributed by atoms with van der Waals surface area (Å²) in [7, 11) is 4.74. The van der Waals surface area contributed by atoms with Crippen molar-refractivity contribution in [2.75, 3.05) is 40.3 Å². The predicted octanol–water partition coefficient (Wildman–Crippen LogP) is 3.30. The van der Waals surface area contributed by atoms with Crippen molar-refractivity contribution in [3.05, 3.63) is 22.4 Å². The van der Waals surface area contributed by atoms with Gasteiger partial charge in [-0.2, -0.15) is 0 Å². The Morgan fingerprint density at radius 2 is 1.79 bits per heavy atom. The minimum atomic E-state index is 0.382. The molecule has 2 nitrogen and oxygen atoms in total. The monoisotopic (exact) mass is 279 g/mol. The van der Waals surface area contributed by atoms with Crippen LogP contribution in [-0.2, 0) is 5.54 Å². The number of thiophene rings is 1. The van der Waals surface area contributed by atoms with E-state index in [1.807, 2.05) is 11.3 Å². The fourth-order valence-corrected chi connectivity index (χ4v) is 4.85. The third-order valence-electron chi connectivity index (χ3n) is 5.22. The fraction of sp³-hybridized carbons (Fsp3) is 0.750. The molecule has 1 aromatic rings. The van der Waals surface area contributed by atoms with E-state index in [1.165, 1.54) is 62.8 Å². The second-order valence-corrected chi connectivity index (χ2v) is 7.89. The maximum absolute atomic E-state index is 2.82. The first-order chi connectivity index (χ1) is 9.12. The molecule has 0 amide bonds. The maximum atomic E-state index is 2.82. The molecule has 19 heavy (non-hydrogen) atoms. The van der Waals surface area contributed by atoms with E-state index < -0.39 is 0 Å². The molecule has 1 aromatic heterocycles. The number of nitrogens with zero attached hydrogens (tertiary/aromatic N) is 2. The Hall–Kier alpha value is -0.380. The smallest absolute Gasteiger partial charge is 0.0912 e. The highest BCUT2D eigenvalue weighted by molar-refractivity contribution is 7.10. The van der Waals surface area contributed by atoms with Gasteiger partial charge in [-0.3, -0.25) is 4.90 Å². The Morgan fingerprint density at radius 3 is 2.37 bits per heavy atom. The van der Waals surface area contributed by atoms with Crippen molar-refractivity contribution in [1.82, 2.24) is 4.90 Å². The topological polar surface area (TPSA) is 3.24 Å². The third-order valence-corrected chi connectivity index (χ3v) is 6.28. The van der Waals surface area contributed by atoms with Crippen LogP contribution < -0.4 is 0 Å². The van der Waals surface area contributed by atoms with Crippen LogP contribution in [0, 0.1) is 0 Å². The highest BCUT2D eigenvalue weighted by Crippen LogP contribution is 2.44. The summed E-state index contributed by atoms with van der Waals surface area (Å²) in [6.45, 7) is 5.13. The lowest BCUT2D eigenvalue weighted by atomic mass is 9.78. The quantitative estimate of drug-likeness (QED) is 0.751. The zero-order valence-electron chi connectivity index (χ0n) is 12.4. The van der Waals surface area contributed by atoms with Gasteiger partial charge in [0.05, 0.1) is 32.7 Å². The lowest BCUT2D eigenvalue weighted by Gasteiger charge is -2.50.